The van der Waals surface area contributed by atoms with E-state index in [0.717, 1.165) is 0 Å². The van der Waals surface area contributed by atoms with Gasteiger partial charge in [-0.1, -0.05) is 11.6 Å². The minimum Gasteiger partial charge on any atom is -0.384 e. The van der Waals surface area contributed by atoms with Crippen molar-refractivity contribution in [3.8, 4) is 0 Å². The molecule has 1 aromatic heterocycles. The van der Waals surface area contributed by atoms with Crippen molar-refractivity contribution in [1.29, 1.82) is 5.41 Å². The van der Waals surface area contributed by atoms with Gasteiger partial charge in [0.2, 0.25) is 0 Å². The lowest BCUT2D eigenvalue weighted by molar-refractivity contribution is 1.21. The maximum atomic E-state index is 11.0. The third-order valence-corrected chi connectivity index (χ3v) is 2.19. The molecule has 6 heteroatoms. The molecule has 72 valence electrons. The van der Waals surface area contributed by atoms with E-state index in [9.17, 15) is 4.79 Å². The number of aromatic amines is 2. The average Bonchev–Trinajstić information content (AvgIpc) is 2.45. The van der Waals surface area contributed by atoms with Gasteiger partial charge in [0.15, 0.2) is 0 Å². The number of H-pyrrole nitrogens is 2. The number of aromatic nitrogens is 2. The van der Waals surface area contributed by atoms with Gasteiger partial charge in [-0.15, -0.1) is 0 Å². The minimum atomic E-state index is -0.331. The first-order chi connectivity index (χ1) is 6.58. The van der Waals surface area contributed by atoms with E-state index in [-0.39, 0.29) is 11.5 Å². The molecule has 0 spiro atoms. The standard InChI is InChI=1S/C8H7ClN4O/c9-4-1-3(7(10)11)2-5-6(4)13-8(14)12-5/h1-2H,(H3,10,11)(H2,12,13,14). The van der Waals surface area contributed by atoms with E-state index in [1.54, 1.807) is 6.07 Å². The highest BCUT2D eigenvalue weighted by Crippen LogP contribution is 2.20. The molecule has 5 N–H and O–H groups in total. The van der Waals surface area contributed by atoms with Crippen LogP contribution in [0.1, 0.15) is 5.56 Å². The van der Waals surface area contributed by atoms with Crippen LogP contribution in [-0.2, 0) is 0 Å². The van der Waals surface area contributed by atoms with Crippen molar-refractivity contribution < 1.29 is 0 Å². The van der Waals surface area contributed by atoms with E-state index in [1.807, 2.05) is 0 Å². The Bertz CT molecular complexity index is 568. The van der Waals surface area contributed by atoms with Crippen LogP contribution in [-0.4, -0.2) is 15.8 Å². The van der Waals surface area contributed by atoms with Gasteiger partial charge >= 0.3 is 5.69 Å². The van der Waals surface area contributed by atoms with Crippen LogP contribution in [0.5, 0.6) is 0 Å². The fourth-order valence-corrected chi connectivity index (χ4v) is 1.52. The van der Waals surface area contributed by atoms with Crippen LogP contribution in [0.2, 0.25) is 5.02 Å². The summed E-state index contributed by atoms with van der Waals surface area (Å²) in [6.07, 6.45) is 0. The number of nitrogen functional groups attached to an aromatic ring is 1. The summed E-state index contributed by atoms with van der Waals surface area (Å²) < 4.78 is 0. The molecular formula is C8H7ClN4O. The minimum absolute atomic E-state index is 0.0872. The zero-order valence-electron chi connectivity index (χ0n) is 7.02. The summed E-state index contributed by atoms with van der Waals surface area (Å²) in [6, 6.07) is 3.14. The lowest BCUT2D eigenvalue weighted by Crippen LogP contribution is -2.10. The van der Waals surface area contributed by atoms with Crippen LogP contribution < -0.4 is 11.4 Å². The predicted octanol–water partition coefficient (Wildman–Crippen LogP) is 0.794. The molecule has 0 atom stereocenters. The molecule has 2 aromatic rings. The lowest BCUT2D eigenvalue weighted by Gasteiger charge is -1.99. The molecule has 1 aromatic carbocycles. The summed E-state index contributed by atoms with van der Waals surface area (Å²) in [5, 5.41) is 7.60. The summed E-state index contributed by atoms with van der Waals surface area (Å²) in [5.41, 5.74) is 6.53. The number of hydrogen-bond acceptors (Lipinski definition) is 2. The lowest BCUT2D eigenvalue weighted by atomic mass is 10.2. The van der Waals surface area contributed by atoms with Gasteiger partial charge in [-0.05, 0) is 12.1 Å². The molecule has 2 rings (SSSR count). The maximum absolute atomic E-state index is 11.0. The van der Waals surface area contributed by atoms with Crippen LogP contribution in [0.25, 0.3) is 11.0 Å². The number of benzene rings is 1. The highest BCUT2D eigenvalue weighted by atomic mass is 35.5. The molecule has 0 aliphatic carbocycles. The van der Waals surface area contributed by atoms with Crippen molar-refractivity contribution in [3.63, 3.8) is 0 Å². The van der Waals surface area contributed by atoms with Gasteiger partial charge in [-0.3, -0.25) is 5.41 Å². The summed E-state index contributed by atoms with van der Waals surface area (Å²) in [5.74, 6) is -0.0872. The Hall–Kier alpha value is -1.75. The number of nitrogens with two attached hydrogens (primary N) is 1. The molecule has 0 unspecified atom stereocenters. The van der Waals surface area contributed by atoms with E-state index in [0.29, 0.717) is 21.6 Å². The van der Waals surface area contributed by atoms with E-state index < -0.39 is 0 Å². The fourth-order valence-electron chi connectivity index (χ4n) is 1.25. The Labute approximate surface area is 83.4 Å². The Morgan fingerprint density at radius 2 is 2.14 bits per heavy atom. The van der Waals surface area contributed by atoms with Crippen molar-refractivity contribution in [2.45, 2.75) is 0 Å². The molecule has 1 heterocycles. The van der Waals surface area contributed by atoms with E-state index in [1.165, 1.54) is 6.07 Å². The third kappa shape index (κ3) is 1.27. The summed E-state index contributed by atoms with van der Waals surface area (Å²) >= 11 is 5.88. The first-order valence-electron chi connectivity index (χ1n) is 3.84. The van der Waals surface area contributed by atoms with Gasteiger partial charge in [-0.2, -0.15) is 0 Å². The van der Waals surface area contributed by atoms with Gasteiger partial charge in [0.05, 0.1) is 16.1 Å². The highest BCUT2D eigenvalue weighted by molar-refractivity contribution is 6.35. The number of amidine groups is 1. The number of fused-ring (bicyclic) bond motifs is 1. The number of halogens is 1. The fraction of sp³-hybridized carbons (Fsp3) is 0. The van der Waals surface area contributed by atoms with E-state index in [2.05, 4.69) is 9.97 Å². The van der Waals surface area contributed by atoms with Crippen LogP contribution in [0.15, 0.2) is 16.9 Å². The zero-order valence-corrected chi connectivity index (χ0v) is 7.77. The van der Waals surface area contributed by atoms with E-state index in [4.69, 9.17) is 22.7 Å². The van der Waals surface area contributed by atoms with Crippen molar-refractivity contribution in [1.82, 2.24) is 9.97 Å². The average molecular weight is 211 g/mol. The molecule has 0 aliphatic rings. The smallest absolute Gasteiger partial charge is 0.323 e. The quantitative estimate of drug-likeness (QED) is 0.413. The van der Waals surface area contributed by atoms with Crippen molar-refractivity contribution in [2.24, 2.45) is 5.73 Å². The molecule has 5 nitrogen and oxygen atoms in total. The second kappa shape index (κ2) is 2.88. The second-order valence-corrected chi connectivity index (χ2v) is 3.28. The van der Waals surface area contributed by atoms with Crippen molar-refractivity contribution in [2.75, 3.05) is 0 Å². The monoisotopic (exact) mass is 210 g/mol. The van der Waals surface area contributed by atoms with Gasteiger partial charge in [-0.25, -0.2) is 4.79 Å². The first-order valence-corrected chi connectivity index (χ1v) is 4.21. The topological polar surface area (TPSA) is 98.5 Å². The van der Waals surface area contributed by atoms with Crippen LogP contribution >= 0.6 is 11.6 Å². The molecule has 0 fully saturated rings. The Morgan fingerprint density at radius 1 is 1.43 bits per heavy atom. The van der Waals surface area contributed by atoms with Gasteiger partial charge in [0.1, 0.15) is 5.84 Å². The van der Waals surface area contributed by atoms with Crippen LogP contribution in [0, 0.1) is 5.41 Å². The molecule has 0 amide bonds. The normalized spacial score (nSPS) is 10.6. The molecular weight excluding hydrogens is 204 g/mol. The van der Waals surface area contributed by atoms with Gasteiger partial charge < -0.3 is 15.7 Å². The number of nitrogens with one attached hydrogen (secondary N) is 3. The second-order valence-electron chi connectivity index (χ2n) is 2.87. The van der Waals surface area contributed by atoms with Gasteiger partial charge in [0, 0.05) is 5.56 Å². The Balaban J connectivity index is 2.84. The predicted molar refractivity (Wildman–Crippen MR) is 54.9 cm³/mol. The summed E-state index contributed by atoms with van der Waals surface area (Å²) in [4.78, 5) is 16.1. The molecule has 0 saturated heterocycles. The zero-order chi connectivity index (χ0) is 10.3. The molecule has 0 bridgehead atoms. The number of imidazole rings is 1. The van der Waals surface area contributed by atoms with Crippen molar-refractivity contribution in [3.05, 3.63) is 33.2 Å². The Morgan fingerprint density at radius 3 is 2.79 bits per heavy atom. The third-order valence-electron chi connectivity index (χ3n) is 1.89. The molecule has 0 saturated carbocycles. The largest absolute Gasteiger partial charge is 0.384 e. The van der Waals surface area contributed by atoms with Gasteiger partial charge in [0.25, 0.3) is 0 Å². The summed E-state index contributed by atoms with van der Waals surface area (Å²) in [7, 11) is 0. The van der Waals surface area contributed by atoms with Crippen LogP contribution in [0.4, 0.5) is 0 Å². The van der Waals surface area contributed by atoms with E-state index >= 15 is 0 Å². The SMILES string of the molecule is N=C(N)c1cc(Cl)c2[nH]c(=O)[nH]c2c1. The summed E-state index contributed by atoms with van der Waals surface area (Å²) in [6.45, 7) is 0. The number of rotatable bonds is 1. The number of hydrogen-bond donors (Lipinski definition) is 4. The molecule has 0 radical (unpaired) electrons. The van der Waals surface area contributed by atoms with Crippen LogP contribution in [0.3, 0.4) is 0 Å². The first kappa shape index (κ1) is 8.83. The van der Waals surface area contributed by atoms with Crippen molar-refractivity contribution >= 4 is 28.5 Å². The molecule has 14 heavy (non-hydrogen) atoms. The molecule has 0 aliphatic heterocycles. The highest BCUT2D eigenvalue weighted by Gasteiger charge is 2.06. The Kier molecular flexibility index (Phi) is 1.82. The maximum Gasteiger partial charge on any atom is 0.323 e.